The lowest BCUT2D eigenvalue weighted by atomic mass is 10.3. The molecule has 3 rings (SSSR count). The SMILES string of the molecule is C=C1CC1(Oc1ccccc1Cl)Oc1ccccc1Cl. The zero-order chi connectivity index (χ0) is 14.2. The molecule has 0 unspecified atom stereocenters. The van der Waals surface area contributed by atoms with E-state index < -0.39 is 5.79 Å². The highest BCUT2D eigenvalue weighted by molar-refractivity contribution is 6.32. The standard InChI is InChI=1S/C16H12Cl2O2/c1-11-10-16(11,19-14-8-4-2-6-12(14)17)20-15-9-5-3-7-13(15)18/h2-9H,1,10H2. The smallest absolute Gasteiger partial charge is 0.278 e. The van der Waals surface area contributed by atoms with Gasteiger partial charge in [-0.3, -0.25) is 0 Å². The monoisotopic (exact) mass is 306 g/mol. The fourth-order valence-corrected chi connectivity index (χ4v) is 2.23. The first-order valence-electron chi connectivity index (χ1n) is 6.16. The number of rotatable bonds is 4. The van der Waals surface area contributed by atoms with Crippen molar-refractivity contribution in [1.29, 1.82) is 0 Å². The summed E-state index contributed by atoms with van der Waals surface area (Å²) in [7, 11) is 0. The fourth-order valence-electron chi connectivity index (χ4n) is 1.88. The molecule has 0 amide bonds. The van der Waals surface area contributed by atoms with Gasteiger partial charge in [0.05, 0.1) is 16.5 Å². The summed E-state index contributed by atoms with van der Waals surface area (Å²) >= 11 is 12.2. The van der Waals surface area contributed by atoms with Crippen LogP contribution >= 0.6 is 23.2 Å². The van der Waals surface area contributed by atoms with Crippen molar-refractivity contribution < 1.29 is 9.47 Å². The van der Waals surface area contributed by atoms with Crippen molar-refractivity contribution in [3.05, 3.63) is 70.7 Å². The molecule has 0 aromatic heterocycles. The lowest BCUT2D eigenvalue weighted by Gasteiger charge is -2.20. The van der Waals surface area contributed by atoms with Crippen LogP contribution in [-0.2, 0) is 0 Å². The van der Waals surface area contributed by atoms with Gasteiger partial charge in [-0.25, -0.2) is 0 Å². The molecule has 1 aliphatic rings. The first kappa shape index (κ1) is 13.3. The van der Waals surface area contributed by atoms with Crippen molar-refractivity contribution in [3.8, 4) is 11.5 Å². The van der Waals surface area contributed by atoms with Gasteiger partial charge < -0.3 is 9.47 Å². The Kier molecular flexibility index (Phi) is 3.36. The van der Waals surface area contributed by atoms with E-state index in [0.717, 1.165) is 5.57 Å². The maximum Gasteiger partial charge on any atom is 0.278 e. The van der Waals surface area contributed by atoms with E-state index in [0.29, 0.717) is 28.0 Å². The Balaban J connectivity index is 1.85. The predicted molar refractivity (Wildman–Crippen MR) is 80.6 cm³/mol. The van der Waals surface area contributed by atoms with E-state index >= 15 is 0 Å². The van der Waals surface area contributed by atoms with E-state index in [2.05, 4.69) is 6.58 Å². The van der Waals surface area contributed by atoms with Crippen molar-refractivity contribution in [3.63, 3.8) is 0 Å². The second-order valence-electron chi connectivity index (χ2n) is 4.60. The van der Waals surface area contributed by atoms with E-state index in [1.807, 2.05) is 24.3 Å². The second kappa shape index (κ2) is 5.04. The van der Waals surface area contributed by atoms with Gasteiger partial charge in [-0.2, -0.15) is 0 Å². The highest BCUT2D eigenvalue weighted by atomic mass is 35.5. The van der Waals surface area contributed by atoms with Crippen LogP contribution in [-0.4, -0.2) is 5.79 Å². The van der Waals surface area contributed by atoms with Gasteiger partial charge >= 0.3 is 0 Å². The molecule has 102 valence electrons. The minimum absolute atomic E-state index is 0.536. The lowest BCUT2D eigenvalue weighted by Crippen LogP contribution is -2.26. The van der Waals surface area contributed by atoms with Crippen LogP contribution in [0.4, 0.5) is 0 Å². The minimum Gasteiger partial charge on any atom is -0.447 e. The first-order valence-corrected chi connectivity index (χ1v) is 6.92. The third-order valence-corrected chi connectivity index (χ3v) is 3.71. The Bertz CT molecular complexity index is 620. The van der Waals surface area contributed by atoms with Crippen molar-refractivity contribution in [1.82, 2.24) is 0 Å². The highest BCUT2D eigenvalue weighted by Crippen LogP contribution is 2.48. The molecule has 0 saturated heterocycles. The Morgan fingerprint density at radius 1 is 0.850 bits per heavy atom. The van der Waals surface area contributed by atoms with Crippen molar-refractivity contribution in [2.75, 3.05) is 0 Å². The van der Waals surface area contributed by atoms with Gasteiger partial charge in [0.25, 0.3) is 5.79 Å². The molecule has 0 bridgehead atoms. The number of ether oxygens (including phenoxy) is 2. The van der Waals surface area contributed by atoms with Crippen LogP contribution in [0.2, 0.25) is 10.0 Å². The summed E-state index contributed by atoms with van der Waals surface area (Å²) in [6, 6.07) is 14.5. The first-order chi connectivity index (χ1) is 9.61. The molecule has 4 heteroatoms. The van der Waals surface area contributed by atoms with Gasteiger partial charge in [0.2, 0.25) is 0 Å². The van der Waals surface area contributed by atoms with Gasteiger partial charge in [-0.15, -0.1) is 0 Å². The number of benzene rings is 2. The van der Waals surface area contributed by atoms with Crippen LogP contribution in [0.5, 0.6) is 11.5 Å². The highest BCUT2D eigenvalue weighted by Gasteiger charge is 2.54. The van der Waals surface area contributed by atoms with Gasteiger partial charge in [0.1, 0.15) is 11.5 Å². The predicted octanol–water partition coefficient (Wildman–Crippen LogP) is 5.11. The fraction of sp³-hybridized carbons (Fsp3) is 0.125. The van der Waals surface area contributed by atoms with Crippen LogP contribution < -0.4 is 9.47 Å². The maximum atomic E-state index is 6.10. The van der Waals surface area contributed by atoms with E-state index in [9.17, 15) is 0 Å². The van der Waals surface area contributed by atoms with E-state index in [4.69, 9.17) is 32.7 Å². The molecule has 0 aliphatic heterocycles. The number of halogens is 2. The number of para-hydroxylation sites is 2. The summed E-state index contributed by atoms with van der Waals surface area (Å²) in [6.07, 6.45) is 0.615. The molecule has 0 spiro atoms. The summed E-state index contributed by atoms with van der Waals surface area (Å²) in [4.78, 5) is 0. The molecule has 2 nitrogen and oxygen atoms in total. The molecule has 1 fully saturated rings. The quantitative estimate of drug-likeness (QED) is 0.577. The van der Waals surface area contributed by atoms with Gasteiger partial charge in [0.15, 0.2) is 0 Å². The van der Waals surface area contributed by atoms with Crippen molar-refractivity contribution in [2.24, 2.45) is 0 Å². The zero-order valence-corrected chi connectivity index (χ0v) is 12.1. The average molecular weight is 307 g/mol. The molecule has 2 aromatic rings. The molecular formula is C16H12Cl2O2. The number of hydrogen-bond acceptors (Lipinski definition) is 2. The van der Waals surface area contributed by atoms with Crippen LogP contribution in [0.3, 0.4) is 0 Å². The summed E-state index contributed by atoms with van der Waals surface area (Å²) in [5, 5.41) is 1.07. The summed E-state index contributed by atoms with van der Waals surface area (Å²) in [6.45, 7) is 3.94. The van der Waals surface area contributed by atoms with E-state index in [1.165, 1.54) is 0 Å². The molecular weight excluding hydrogens is 295 g/mol. The lowest BCUT2D eigenvalue weighted by molar-refractivity contribution is -0.00804. The molecule has 0 atom stereocenters. The summed E-state index contributed by atoms with van der Waals surface area (Å²) in [5.41, 5.74) is 0.859. The van der Waals surface area contributed by atoms with Crippen LogP contribution in [0.1, 0.15) is 6.42 Å². The maximum absolute atomic E-state index is 6.10. The summed E-state index contributed by atoms with van der Waals surface area (Å²) in [5.74, 6) is 0.274. The van der Waals surface area contributed by atoms with Gasteiger partial charge in [-0.05, 0) is 24.3 Å². The molecule has 1 aliphatic carbocycles. The third-order valence-electron chi connectivity index (χ3n) is 3.08. The van der Waals surface area contributed by atoms with E-state index in [-0.39, 0.29) is 0 Å². The molecule has 20 heavy (non-hydrogen) atoms. The molecule has 0 radical (unpaired) electrons. The summed E-state index contributed by atoms with van der Waals surface area (Å²) < 4.78 is 11.8. The van der Waals surface area contributed by atoms with Gasteiger partial charge in [-0.1, -0.05) is 54.0 Å². The molecule has 1 saturated carbocycles. The normalized spacial score (nSPS) is 15.8. The Morgan fingerprint density at radius 3 is 1.60 bits per heavy atom. The second-order valence-corrected chi connectivity index (χ2v) is 5.41. The van der Waals surface area contributed by atoms with Crippen molar-refractivity contribution in [2.45, 2.75) is 12.2 Å². The average Bonchev–Trinajstić information content (AvgIpc) is 3.05. The van der Waals surface area contributed by atoms with Gasteiger partial charge in [0, 0.05) is 5.57 Å². The third kappa shape index (κ3) is 2.49. The van der Waals surface area contributed by atoms with E-state index in [1.54, 1.807) is 24.3 Å². The topological polar surface area (TPSA) is 18.5 Å². The Labute approximate surface area is 127 Å². The number of hydrogen-bond donors (Lipinski definition) is 0. The Morgan fingerprint density at radius 2 is 1.25 bits per heavy atom. The minimum atomic E-state index is -0.865. The Hall–Kier alpha value is -1.64. The van der Waals surface area contributed by atoms with Crippen LogP contribution in [0.15, 0.2) is 60.7 Å². The zero-order valence-electron chi connectivity index (χ0n) is 10.6. The van der Waals surface area contributed by atoms with Crippen LogP contribution in [0, 0.1) is 0 Å². The molecule has 0 heterocycles. The molecule has 2 aromatic carbocycles. The van der Waals surface area contributed by atoms with Crippen LogP contribution in [0.25, 0.3) is 0 Å². The van der Waals surface area contributed by atoms with Crippen molar-refractivity contribution >= 4 is 23.2 Å². The largest absolute Gasteiger partial charge is 0.447 e. The molecule has 0 N–H and O–H groups in total.